The molecule has 5 heteroatoms. The second-order valence-electron chi connectivity index (χ2n) is 7.51. The minimum absolute atomic E-state index is 0.115. The Labute approximate surface area is 169 Å². The standard InChI is InChI=1S/C24H22N4O/c29-24(28-12-2-1-3-13-28)21-10-11-25-23-9-8-19(14-22(21)23)17-4-6-18(7-5-17)20-15-26-27-16-20/h4-11,14-16H,1-3,12-13H2,(H,26,27). The van der Waals surface area contributed by atoms with E-state index in [2.05, 4.69) is 51.6 Å². The van der Waals surface area contributed by atoms with E-state index in [4.69, 9.17) is 0 Å². The third kappa shape index (κ3) is 3.40. The molecule has 0 spiro atoms. The molecule has 0 bridgehead atoms. The number of amides is 1. The topological polar surface area (TPSA) is 61.9 Å². The van der Waals surface area contributed by atoms with Gasteiger partial charge in [0, 0.05) is 36.4 Å². The molecule has 0 atom stereocenters. The van der Waals surface area contributed by atoms with Crippen LogP contribution in [0.3, 0.4) is 0 Å². The summed E-state index contributed by atoms with van der Waals surface area (Å²) in [6, 6.07) is 16.4. The predicted octanol–water partition coefficient (Wildman–Crippen LogP) is 4.92. The number of likely N-dealkylation sites (tertiary alicyclic amines) is 1. The fourth-order valence-corrected chi connectivity index (χ4v) is 4.04. The van der Waals surface area contributed by atoms with Crippen LogP contribution in [-0.4, -0.2) is 39.1 Å². The number of hydrogen-bond donors (Lipinski definition) is 1. The van der Waals surface area contributed by atoms with E-state index >= 15 is 0 Å². The fraction of sp³-hybridized carbons (Fsp3) is 0.208. The number of fused-ring (bicyclic) bond motifs is 1. The van der Waals surface area contributed by atoms with E-state index in [0.717, 1.165) is 64.7 Å². The highest BCUT2D eigenvalue weighted by Gasteiger charge is 2.20. The smallest absolute Gasteiger partial charge is 0.254 e. The quantitative estimate of drug-likeness (QED) is 0.547. The van der Waals surface area contributed by atoms with E-state index in [1.165, 1.54) is 6.42 Å². The molecular weight excluding hydrogens is 360 g/mol. The van der Waals surface area contributed by atoms with Crippen LogP contribution in [-0.2, 0) is 0 Å². The van der Waals surface area contributed by atoms with Gasteiger partial charge in [0.2, 0.25) is 0 Å². The average Bonchev–Trinajstić information content (AvgIpc) is 3.34. The Morgan fingerprint density at radius 2 is 1.59 bits per heavy atom. The maximum atomic E-state index is 13.1. The molecule has 1 aliphatic heterocycles. The first kappa shape index (κ1) is 17.6. The Balaban J connectivity index is 1.51. The molecule has 2 aromatic carbocycles. The van der Waals surface area contributed by atoms with Crippen molar-refractivity contribution in [1.82, 2.24) is 20.1 Å². The lowest BCUT2D eigenvalue weighted by atomic mass is 9.98. The third-order valence-electron chi connectivity index (χ3n) is 5.67. The second kappa shape index (κ2) is 7.51. The number of hydrogen-bond acceptors (Lipinski definition) is 3. The summed E-state index contributed by atoms with van der Waals surface area (Å²) in [5.74, 6) is 0.115. The van der Waals surface area contributed by atoms with Gasteiger partial charge in [-0.3, -0.25) is 14.9 Å². The maximum Gasteiger partial charge on any atom is 0.254 e. The van der Waals surface area contributed by atoms with Crippen LogP contribution < -0.4 is 0 Å². The Bertz CT molecular complexity index is 1140. The van der Waals surface area contributed by atoms with Gasteiger partial charge in [-0.2, -0.15) is 5.10 Å². The number of benzene rings is 2. The van der Waals surface area contributed by atoms with Gasteiger partial charge in [0.05, 0.1) is 17.3 Å². The van der Waals surface area contributed by atoms with Crippen LogP contribution >= 0.6 is 0 Å². The number of piperidine rings is 1. The molecule has 0 unspecified atom stereocenters. The van der Waals surface area contributed by atoms with E-state index in [9.17, 15) is 4.79 Å². The summed E-state index contributed by atoms with van der Waals surface area (Å²) in [6.45, 7) is 1.69. The van der Waals surface area contributed by atoms with Crippen molar-refractivity contribution in [2.45, 2.75) is 19.3 Å². The van der Waals surface area contributed by atoms with E-state index in [1.807, 2.05) is 29.4 Å². The minimum Gasteiger partial charge on any atom is -0.339 e. The number of H-pyrrole nitrogens is 1. The van der Waals surface area contributed by atoms with Crippen molar-refractivity contribution < 1.29 is 4.79 Å². The Morgan fingerprint density at radius 1 is 0.862 bits per heavy atom. The molecule has 1 fully saturated rings. The Hall–Kier alpha value is -3.47. The van der Waals surface area contributed by atoms with Crippen molar-refractivity contribution in [2.24, 2.45) is 0 Å². The highest BCUT2D eigenvalue weighted by atomic mass is 16.2. The van der Waals surface area contributed by atoms with E-state index in [0.29, 0.717) is 0 Å². The number of rotatable bonds is 3. The summed E-state index contributed by atoms with van der Waals surface area (Å²) in [4.78, 5) is 19.6. The number of aromatic amines is 1. The lowest BCUT2D eigenvalue weighted by molar-refractivity contribution is 0.0726. The van der Waals surface area contributed by atoms with Crippen molar-refractivity contribution in [3.63, 3.8) is 0 Å². The van der Waals surface area contributed by atoms with Crippen molar-refractivity contribution >= 4 is 16.8 Å². The zero-order chi connectivity index (χ0) is 19.6. The summed E-state index contributed by atoms with van der Waals surface area (Å²) in [7, 11) is 0. The number of aromatic nitrogens is 3. The molecule has 144 valence electrons. The number of pyridine rings is 1. The first-order valence-corrected chi connectivity index (χ1v) is 10.1. The summed E-state index contributed by atoms with van der Waals surface area (Å²) in [5.41, 5.74) is 5.97. The van der Waals surface area contributed by atoms with Gasteiger partial charge < -0.3 is 4.90 Å². The molecule has 0 radical (unpaired) electrons. The summed E-state index contributed by atoms with van der Waals surface area (Å²) >= 11 is 0. The summed E-state index contributed by atoms with van der Waals surface area (Å²) < 4.78 is 0. The van der Waals surface area contributed by atoms with Crippen molar-refractivity contribution in [2.75, 3.05) is 13.1 Å². The molecule has 0 saturated carbocycles. The van der Waals surface area contributed by atoms with Gasteiger partial charge in [-0.15, -0.1) is 0 Å². The number of nitrogens with one attached hydrogen (secondary N) is 1. The molecule has 5 rings (SSSR count). The molecule has 5 nitrogen and oxygen atoms in total. The first-order chi connectivity index (χ1) is 14.3. The highest BCUT2D eigenvalue weighted by Crippen LogP contribution is 2.28. The fourth-order valence-electron chi connectivity index (χ4n) is 4.04. The van der Waals surface area contributed by atoms with E-state index in [-0.39, 0.29) is 5.91 Å². The van der Waals surface area contributed by atoms with E-state index in [1.54, 1.807) is 6.20 Å². The summed E-state index contributed by atoms with van der Waals surface area (Å²) in [6.07, 6.45) is 8.81. The van der Waals surface area contributed by atoms with Gasteiger partial charge in [-0.25, -0.2) is 0 Å². The van der Waals surface area contributed by atoms with Crippen LogP contribution in [0.25, 0.3) is 33.2 Å². The maximum absolute atomic E-state index is 13.1. The molecule has 1 amide bonds. The largest absolute Gasteiger partial charge is 0.339 e. The second-order valence-corrected chi connectivity index (χ2v) is 7.51. The van der Waals surface area contributed by atoms with Crippen LogP contribution in [0.1, 0.15) is 29.6 Å². The van der Waals surface area contributed by atoms with Gasteiger partial charge in [0.1, 0.15) is 0 Å². The van der Waals surface area contributed by atoms with Crippen molar-refractivity contribution in [3.8, 4) is 22.3 Å². The predicted molar refractivity (Wildman–Crippen MR) is 115 cm³/mol. The number of nitrogens with zero attached hydrogens (tertiary/aromatic N) is 3. The molecule has 0 aliphatic carbocycles. The lowest BCUT2D eigenvalue weighted by Crippen LogP contribution is -2.35. The monoisotopic (exact) mass is 382 g/mol. The van der Waals surface area contributed by atoms with Crippen LogP contribution in [0.4, 0.5) is 0 Å². The zero-order valence-electron chi connectivity index (χ0n) is 16.1. The van der Waals surface area contributed by atoms with Gasteiger partial charge in [0.25, 0.3) is 5.91 Å². The number of carbonyl (C=O) groups is 1. The molecule has 1 aliphatic rings. The molecule has 29 heavy (non-hydrogen) atoms. The molecule has 4 aromatic rings. The highest BCUT2D eigenvalue weighted by molar-refractivity contribution is 6.07. The van der Waals surface area contributed by atoms with Gasteiger partial charge in [0.15, 0.2) is 0 Å². The SMILES string of the molecule is O=C(c1ccnc2ccc(-c3ccc(-c4cn[nH]c4)cc3)cc12)N1CCCCC1. The van der Waals surface area contributed by atoms with Crippen LogP contribution in [0.5, 0.6) is 0 Å². The molecule has 3 heterocycles. The molecular formula is C24H22N4O. The van der Waals surface area contributed by atoms with Gasteiger partial charge in [-0.05, 0) is 54.2 Å². The molecule has 1 N–H and O–H groups in total. The third-order valence-corrected chi connectivity index (χ3v) is 5.67. The van der Waals surface area contributed by atoms with Crippen molar-refractivity contribution in [3.05, 3.63) is 72.7 Å². The van der Waals surface area contributed by atoms with Crippen LogP contribution in [0, 0.1) is 0 Å². The van der Waals surface area contributed by atoms with Gasteiger partial charge >= 0.3 is 0 Å². The average molecular weight is 382 g/mol. The van der Waals surface area contributed by atoms with E-state index < -0.39 is 0 Å². The molecule has 1 saturated heterocycles. The molecule has 2 aromatic heterocycles. The Kier molecular flexibility index (Phi) is 4.56. The van der Waals surface area contributed by atoms with Crippen molar-refractivity contribution in [1.29, 1.82) is 0 Å². The first-order valence-electron chi connectivity index (χ1n) is 10.1. The Morgan fingerprint density at radius 3 is 2.31 bits per heavy atom. The lowest BCUT2D eigenvalue weighted by Gasteiger charge is -2.27. The van der Waals surface area contributed by atoms with Crippen LogP contribution in [0.2, 0.25) is 0 Å². The van der Waals surface area contributed by atoms with Gasteiger partial charge in [-0.1, -0.05) is 30.3 Å². The normalized spacial score (nSPS) is 14.3. The number of carbonyl (C=O) groups excluding carboxylic acids is 1. The van der Waals surface area contributed by atoms with Crippen LogP contribution in [0.15, 0.2) is 67.1 Å². The zero-order valence-corrected chi connectivity index (χ0v) is 16.1. The summed E-state index contributed by atoms with van der Waals surface area (Å²) in [5, 5.41) is 7.77. The minimum atomic E-state index is 0.115.